The number of aryl methyl sites for hydroxylation is 2. The van der Waals surface area contributed by atoms with Crippen LogP contribution in [0.3, 0.4) is 0 Å². The largest absolute Gasteiger partial charge is 0.493 e. The van der Waals surface area contributed by atoms with E-state index in [2.05, 4.69) is 10.6 Å². The van der Waals surface area contributed by atoms with Crippen molar-refractivity contribution in [2.45, 2.75) is 26.8 Å². The third kappa shape index (κ3) is 5.66. The van der Waals surface area contributed by atoms with E-state index in [1.54, 1.807) is 0 Å². The van der Waals surface area contributed by atoms with Crippen LogP contribution in [-0.2, 0) is 6.54 Å². The minimum Gasteiger partial charge on any atom is -0.493 e. The van der Waals surface area contributed by atoms with Crippen LogP contribution in [0.25, 0.3) is 0 Å². The molecule has 4 nitrogen and oxygen atoms in total. The minimum absolute atomic E-state index is 0.149. The van der Waals surface area contributed by atoms with Gasteiger partial charge in [0.2, 0.25) is 0 Å². The maximum atomic E-state index is 11.8. The molecule has 122 valence electrons. The average molecular weight is 312 g/mol. The first-order chi connectivity index (χ1) is 11.2. The number of amides is 2. The Bertz CT molecular complexity index is 641. The number of hydrogen-bond donors (Lipinski definition) is 2. The summed E-state index contributed by atoms with van der Waals surface area (Å²) in [5.41, 5.74) is 3.43. The molecule has 0 heterocycles. The van der Waals surface area contributed by atoms with E-state index in [1.165, 1.54) is 5.56 Å². The van der Waals surface area contributed by atoms with Crippen molar-refractivity contribution >= 4 is 6.03 Å². The normalized spacial score (nSPS) is 10.2. The third-order valence-electron chi connectivity index (χ3n) is 3.66. The molecule has 0 aliphatic carbocycles. The summed E-state index contributed by atoms with van der Waals surface area (Å²) in [5, 5.41) is 5.71. The summed E-state index contributed by atoms with van der Waals surface area (Å²) >= 11 is 0. The number of benzene rings is 2. The minimum atomic E-state index is -0.149. The Morgan fingerprint density at radius 3 is 2.39 bits per heavy atom. The Hall–Kier alpha value is -2.49. The Labute approximate surface area is 137 Å². The lowest BCUT2D eigenvalue weighted by Crippen LogP contribution is -2.36. The molecule has 0 saturated heterocycles. The Kier molecular flexibility index (Phi) is 6.48. The lowest BCUT2D eigenvalue weighted by molar-refractivity contribution is 0.238. The van der Waals surface area contributed by atoms with E-state index >= 15 is 0 Å². The first-order valence-corrected chi connectivity index (χ1v) is 7.91. The molecule has 0 bridgehead atoms. The zero-order valence-electron chi connectivity index (χ0n) is 13.8. The molecule has 0 fully saturated rings. The summed E-state index contributed by atoms with van der Waals surface area (Å²) in [6.45, 7) is 5.77. The molecule has 2 N–H and O–H groups in total. The summed E-state index contributed by atoms with van der Waals surface area (Å²) in [6, 6.07) is 15.8. The van der Waals surface area contributed by atoms with Crippen LogP contribution < -0.4 is 15.4 Å². The molecule has 2 aromatic rings. The standard InChI is InChI=1S/C19H24N2O2/c1-15-8-3-5-10-17(15)14-21-19(22)20-12-7-13-23-18-11-6-4-9-16(18)2/h3-6,8-11H,7,12-14H2,1-2H3,(H2,20,21,22). The van der Waals surface area contributed by atoms with Crippen LogP contribution in [0.2, 0.25) is 0 Å². The molecule has 0 aromatic heterocycles. The van der Waals surface area contributed by atoms with Crippen molar-refractivity contribution in [3.63, 3.8) is 0 Å². The van der Waals surface area contributed by atoms with E-state index in [-0.39, 0.29) is 6.03 Å². The quantitative estimate of drug-likeness (QED) is 0.768. The highest BCUT2D eigenvalue weighted by atomic mass is 16.5. The molecule has 0 spiro atoms. The molecule has 0 atom stereocenters. The van der Waals surface area contributed by atoms with Crippen LogP contribution in [-0.4, -0.2) is 19.2 Å². The molecule has 0 saturated carbocycles. The predicted molar refractivity (Wildman–Crippen MR) is 92.7 cm³/mol. The van der Waals surface area contributed by atoms with Gasteiger partial charge in [0.25, 0.3) is 0 Å². The summed E-state index contributed by atoms with van der Waals surface area (Å²) < 4.78 is 5.69. The summed E-state index contributed by atoms with van der Waals surface area (Å²) in [7, 11) is 0. The zero-order chi connectivity index (χ0) is 16.5. The highest BCUT2D eigenvalue weighted by molar-refractivity contribution is 5.73. The van der Waals surface area contributed by atoms with Crippen LogP contribution in [0.15, 0.2) is 48.5 Å². The smallest absolute Gasteiger partial charge is 0.315 e. The van der Waals surface area contributed by atoms with Gasteiger partial charge in [-0.2, -0.15) is 0 Å². The van der Waals surface area contributed by atoms with Crippen molar-refractivity contribution in [1.82, 2.24) is 10.6 Å². The van der Waals surface area contributed by atoms with E-state index in [9.17, 15) is 4.79 Å². The van der Waals surface area contributed by atoms with Gasteiger partial charge in [-0.1, -0.05) is 42.5 Å². The van der Waals surface area contributed by atoms with E-state index < -0.39 is 0 Å². The number of carbonyl (C=O) groups is 1. The molecule has 2 rings (SSSR count). The van der Waals surface area contributed by atoms with Gasteiger partial charge in [-0.3, -0.25) is 0 Å². The van der Waals surface area contributed by atoms with Crippen molar-refractivity contribution in [3.8, 4) is 5.75 Å². The second kappa shape index (κ2) is 8.83. The van der Waals surface area contributed by atoms with Crippen molar-refractivity contribution in [2.24, 2.45) is 0 Å². The maximum absolute atomic E-state index is 11.8. The fourth-order valence-electron chi connectivity index (χ4n) is 2.22. The molecule has 0 aliphatic rings. The van der Waals surface area contributed by atoms with Crippen LogP contribution in [0, 0.1) is 13.8 Å². The molecule has 0 unspecified atom stereocenters. The third-order valence-corrected chi connectivity index (χ3v) is 3.66. The highest BCUT2D eigenvalue weighted by Crippen LogP contribution is 2.15. The lowest BCUT2D eigenvalue weighted by atomic mass is 10.1. The number of nitrogens with one attached hydrogen (secondary N) is 2. The summed E-state index contributed by atoms with van der Waals surface area (Å²) in [6.07, 6.45) is 0.770. The SMILES string of the molecule is Cc1ccccc1CNC(=O)NCCCOc1ccccc1C. The Morgan fingerprint density at radius 1 is 0.957 bits per heavy atom. The average Bonchev–Trinajstić information content (AvgIpc) is 2.55. The van der Waals surface area contributed by atoms with Gasteiger partial charge in [-0.25, -0.2) is 4.79 Å². The van der Waals surface area contributed by atoms with Gasteiger partial charge in [0, 0.05) is 13.1 Å². The van der Waals surface area contributed by atoms with Gasteiger partial charge in [0.1, 0.15) is 5.75 Å². The van der Waals surface area contributed by atoms with E-state index in [0.29, 0.717) is 19.7 Å². The molecule has 0 aliphatic heterocycles. The van der Waals surface area contributed by atoms with Gasteiger partial charge in [0.05, 0.1) is 6.61 Å². The molecular formula is C19H24N2O2. The second-order valence-corrected chi connectivity index (χ2v) is 5.50. The molecule has 2 amide bonds. The van der Waals surface area contributed by atoms with Crippen molar-refractivity contribution < 1.29 is 9.53 Å². The molecule has 4 heteroatoms. The number of rotatable bonds is 7. The molecule has 2 aromatic carbocycles. The number of urea groups is 1. The zero-order valence-corrected chi connectivity index (χ0v) is 13.8. The Balaban J connectivity index is 1.60. The summed E-state index contributed by atoms with van der Waals surface area (Å²) in [4.78, 5) is 11.8. The number of carbonyl (C=O) groups excluding carboxylic acids is 1. The predicted octanol–water partition coefficient (Wildman–Crippen LogP) is 3.57. The lowest BCUT2D eigenvalue weighted by Gasteiger charge is -2.11. The first-order valence-electron chi connectivity index (χ1n) is 7.91. The summed E-state index contributed by atoms with van der Waals surface area (Å²) in [5.74, 6) is 0.900. The van der Waals surface area contributed by atoms with Gasteiger partial charge in [-0.15, -0.1) is 0 Å². The fraction of sp³-hybridized carbons (Fsp3) is 0.316. The Morgan fingerprint density at radius 2 is 1.65 bits per heavy atom. The van der Waals surface area contributed by atoms with E-state index in [1.807, 2.05) is 62.4 Å². The molecular weight excluding hydrogens is 288 g/mol. The van der Waals surface area contributed by atoms with Crippen LogP contribution in [0.4, 0.5) is 4.79 Å². The monoisotopic (exact) mass is 312 g/mol. The highest BCUT2D eigenvalue weighted by Gasteiger charge is 2.02. The van der Waals surface area contributed by atoms with Crippen molar-refractivity contribution in [2.75, 3.05) is 13.2 Å². The van der Waals surface area contributed by atoms with E-state index in [0.717, 1.165) is 23.3 Å². The number of hydrogen-bond acceptors (Lipinski definition) is 2. The topological polar surface area (TPSA) is 50.4 Å². The second-order valence-electron chi connectivity index (χ2n) is 5.50. The maximum Gasteiger partial charge on any atom is 0.315 e. The number of ether oxygens (including phenoxy) is 1. The van der Waals surface area contributed by atoms with Crippen LogP contribution in [0.5, 0.6) is 5.75 Å². The fourth-order valence-corrected chi connectivity index (χ4v) is 2.22. The molecule has 23 heavy (non-hydrogen) atoms. The van der Waals surface area contributed by atoms with Gasteiger partial charge in [0.15, 0.2) is 0 Å². The van der Waals surface area contributed by atoms with E-state index in [4.69, 9.17) is 4.74 Å². The van der Waals surface area contributed by atoms with Crippen molar-refractivity contribution in [3.05, 3.63) is 65.2 Å². The first kappa shape index (κ1) is 16.9. The molecule has 0 radical (unpaired) electrons. The van der Waals surface area contributed by atoms with Crippen LogP contribution in [0.1, 0.15) is 23.1 Å². The van der Waals surface area contributed by atoms with Gasteiger partial charge < -0.3 is 15.4 Å². The van der Waals surface area contributed by atoms with Gasteiger partial charge in [-0.05, 0) is 43.0 Å². The van der Waals surface area contributed by atoms with Crippen LogP contribution >= 0.6 is 0 Å². The number of para-hydroxylation sites is 1. The van der Waals surface area contributed by atoms with Gasteiger partial charge >= 0.3 is 6.03 Å². The van der Waals surface area contributed by atoms with Crippen molar-refractivity contribution in [1.29, 1.82) is 0 Å².